The molecular formula is C10H24N2O2S. The first-order chi connectivity index (χ1) is 7.12. The Morgan fingerprint density at radius 1 is 0.933 bits per heavy atom. The molecule has 15 heavy (non-hydrogen) atoms. The Balaban J connectivity index is 3.47. The molecule has 0 saturated heterocycles. The molecule has 92 valence electrons. The van der Waals surface area contributed by atoms with Crippen molar-refractivity contribution in [2.75, 3.05) is 25.4 Å². The third kappa shape index (κ3) is 10.2. The number of rotatable bonds is 10. The first kappa shape index (κ1) is 14.9. The highest BCUT2D eigenvalue weighted by molar-refractivity contribution is 7.89. The molecule has 0 rings (SSSR count). The molecule has 0 heterocycles. The fourth-order valence-electron chi connectivity index (χ4n) is 1.17. The number of unbranched alkanes of at least 4 members (excludes halogenated alkanes) is 1. The van der Waals surface area contributed by atoms with Crippen LogP contribution in [0.2, 0.25) is 0 Å². The minimum Gasteiger partial charge on any atom is -0.317 e. The smallest absolute Gasteiger partial charge is 0.211 e. The average Bonchev–Trinajstić information content (AvgIpc) is 2.17. The second-order valence-electron chi connectivity index (χ2n) is 3.67. The Labute approximate surface area is 93.9 Å². The molecule has 5 heteroatoms. The van der Waals surface area contributed by atoms with Crippen LogP contribution >= 0.6 is 0 Å². The van der Waals surface area contributed by atoms with E-state index >= 15 is 0 Å². The first-order valence-electron chi connectivity index (χ1n) is 5.80. The molecule has 0 aliphatic rings. The van der Waals surface area contributed by atoms with E-state index in [4.69, 9.17) is 0 Å². The topological polar surface area (TPSA) is 58.2 Å². The van der Waals surface area contributed by atoms with Crippen molar-refractivity contribution in [2.45, 2.75) is 39.5 Å². The number of hydrogen-bond acceptors (Lipinski definition) is 3. The summed E-state index contributed by atoms with van der Waals surface area (Å²) in [7, 11) is -3.03. The second kappa shape index (κ2) is 9.12. The van der Waals surface area contributed by atoms with E-state index in [1.807, 2.05) is 6.92 Å². The van der Waals surface area contributed by atoms with Gasteiger partial charge in [-0.2, -0.15) is 0 Å². The van der Waals surface area contributed by atoms with E-state index in [9.17, 15) is 8.42 Å². The van der Waals surface area contributed by atoms with Crippen LogP contribution in [-0.4, -0.2) is 33.8 Å². The molecule has 0 radical (unpaired) electrons. The van der Waals surface area contributed by atoms with Gasteiger partial charge in [-0.1, -0.05) is 20.3 Å². The maximum absolute atomic E-state index is 11.4. The molecular weight excluding hydrogens is 212 g/mol. The van der Waals surface area contributed by atoms with Gasteiger partial charge in [-0.25, -0.2) is 13.1 Å². The third-order valence-electron chi connectivity index (χ3n) is 2.05. The highest BCUT2D eigenvalue weighted by Crippen LogP contribution is 1.91. The maximum atomic E-state index is 11.4. The molecule has 0 aromatic rings. The quantitative estimate of drug-likeness (QED) is 0.558. The lowest BCUT2D eigenvalue weighted by molar-refractivity contribution is 0.571. The number of sulfonamides is 1. The molecule has 0 aliphatic heterocycles. The van der Waals surface area contributed by atoms with Gasteiger partial charge in [-0.3, -0.25) is 0 Å². The highest BCUT2D eigenvalue weighted by Gasteiger charge is 2.07. The van der Waals surface area contributed by atoms with Crippen LogP contribution < -0.4 is 10.0 Å². The summed E-state index contributed by atoms with van der Waals surface area (Å²) in [5.41, 5.74) is 0. The standard InChI is InChI=1S/C10H24N2O2S/c1-3-5-9-12-15(13,14)10-6-8-11-7-4-2/h11-12H,3-10H2,1-2H3. The Morgan fingerprint density at radius 2 is 1.67 bits per heavy atom. The van der Waals surface area contributed by atoms with E-state index in [1.165, 1.54) is 0 Å². The molecule has 0 bridgehead atoms. The van der Waals surface area contributed by atoms with Crippen molar-refractivity contribution < 1.29 is 8.42 Å². The highest BCUT2D eigenvalue weighted by atomic mass is 32.2. The van der Waals surface area contributed by atoms with Crippen LogP contribution in [-0.2, 0) is 10.0 Å². The van der Waals surface area contributed by atoms with Crippen molar-refractivity contribution in [3.8, 4) is 0 Å². The predicted molar refractivity (Wildman–Crippen MR) is 64.5 cm³/mol. The van der Waals surface area contributed by atoms with Gasteiger partial charge in [0.15, 0.2) is 0 Å². The Hall–Kier alpha value is -0.130. The molecule has 0 fully saturated rings. The summed E-state index contributed by atoms with van der Waals surface area (Å²) in [5.74, 6) is 0.230. The summed E-state index contributed by atoms with van der Waals surface area (Å²) in [6, 6.07) is 0. The average molecular weight is 236 g/mol. The zero-order valence-electron chi connectivity index (χ0n) is 9.88. The monoisotopic (exact) mass is 236 g/mol. The van der Waals surface area contributed by atoms with Gasteiger partial charge in [0, 0.05) is 6.54 Å². The Morgan fingerprint density at radius 3 is 2.27 bits per heavy atom. The van der Waals surface area contributed by atoms with Gasteiger partial charge in [0.2, 0.25) is 10.0 Å². The van der Waals surface area contributed by atoms with Gasteiger partial charge >= 0.3 is 0 Å². The van der Waals surface area contributed by atoms with Crippen LogP contribution in [0.1, 0.15) is 39.5 Å². The number of nitrogens with one attached hydrogen (secondary N) is 2. The minimum absolute atomic E-state index is 0.230. The summed E-state index contributed by atoms with van der Waals surface area (Å²) in [4.78, 5) is 0. The van der Waals surface area contributed by atoms with Gasteiger partial charge in [-0.05, 0) is 32.4 Å². The third-order valence-corrected chi connectivity index (χ3v) is 3.52. The fourth-order valence-corrected chi connectivity index (χ4v) is 2.29. The van der Waals surface area contributed by atoms with Crippen molar-refractivity contribution in [3.05, 3.63) is 0 Å². The van der Waals surface area contributed by atoms with Gasteiger partial charge in [0.1, 0.15) is 0 Å². The van der Waals surface area contributed by atoms with Gasteiger partial charge < -0.3 is 5.32 Å². The molecule has 0 aromatic heterocycles. The van der Waals surface area contributed by atoms with Crippen molar-refractivity contribution >= 4 is 10.0 Å². The van der Waals surface area contributed by atoms with Gasteiger partial charge in [0.25, 0.3) is 0 Å². The van der Waals surface area contributed by atoms with E-state index in [0.29, 0.717) is 13.0 Å². The fraction of sp³-hybridized carbons (Fsp3) is 1.00. The number of hydrogen-bond donors (Lipinski definition) is 2. The van der Waals surface area contributed by atoms with Gasteiger partial charge in [-0.15, -0.1) is 0 Å². The Bertz CT molecular complexity index is 228. The Kier molecular flexibility index (Phi) is 9.04. The maximum Gasteiger partial charge on any atom is 0.211 e. The molecule has 0 aliphatic carbocycles. The van der Waals surface area contributed by atoms with Gasteiger partial charge in [0.05, 0.1) is 5.75 Å². The normalized spacial score (nSPS) is 11.9. The molecule has 0 amide bonds. The van der Waals surface area contributed by atoms with Crippen LogP contribution in [0.25, 0.3) is 0 Å². The minimum atomic E-state index is -3.03. The summed E-state index contributed by atoms with van der Waals surface area (Å²) >= 11 is 0. The SMILES string of the molecule is CCCCNS(=O)(=O)CCCNCCC. The van der Waals surface area contributed by atoms with Crippen LogP contribution in [0.15, 0.2) is 0 Å². The van der Waals surface area contributed by atoms with E-state index < -0.39 is 10.0 Å². The molecule has 0 unspecified atom stereocenters. The molecule has 4 nitrogen and oxygen atoms in total. The summed E-state index contributed by atoms with van der Waals surface area (Å²) < 4.78 is 25.4. The lowest BCUT2D eigenvalue weighted by Crippen LogP contribution is -2.29. The molecule has 0 atom stereocenters. The van der Waals surface area contributed by atoms with Crippen molar-refractivity contribution in [1.82, 2.24) is 10.0 Å². The largest absolute Gasteiger partial charge is 0.317 e. The van der Waals surface area contributed by atoms with Crippen molar-refractivity contribution in [2.24, 2.45) is 0 Å². The summed E-state index contributed by atoms with van der Waals surface area (Å²) in [6.45, 7) is 6.45. The molecule has 0 spiro atoms. The molecule has 0 saturated carbocycles. The molecule has 0 aromatic carbocycles. The van der Waals surface area contributed by atoms with Crippen LogP contribution in [0.4, 0.5) is 0 Å². The van der Waals surface area contributed by atoms with E-state index in [-0.39, 0.29) is 5.75 Å². The predicted octanol–water partition coefficient (Wildman–Crippen LogP) is 1.10. The van der Waals surface area contributed by atoms with E-state index in [1.54, 1.807) is 0 Å². The lowest BCUT2D eigenvalue weighted by atomic mass is 10.3. The van der Waals surface area contributed by atoms with Crippen LogP contribution in [0.3, 0.4) is 0 Å². The second-order valence-corrected chi connectivity index (χ2v) is 5.60. The lowest BCUT2D eigenvalue weighted by Gasteiger charge is -2.06. The zero-order chi connectivity index (χ0) is 11.6. The first-order valence-corrected chi connectivity index (χ1v) is 7.45. The molecule has 2 N–H and O–H groups in total. The summed E-state index contributed by atoms with van der Waals surface area (Å²) in [6.07, 6.45) is 3.69. The zero-order valence-corrected chi connectivity index (χ0v) is 10.7. The summed E-state index contributed by atoms with van der Waals surface area (Å²) in [5, 5.41) is 3.18. The van der Waals surface area contributed by atoms with E-state index in [0.717, 1.165) is 32.4 Å². The van der Waals surface area contributed by atoms with E-state index in [2.05, 4.69) is 17.0 Å². The van der Waals surface area contributed by atoms with Crippen LogP contribution in [0, 0.1) is 0 Å². The van der Waals surface area contributed by atoms with Crippen LogP contribution in [0.5, 0.6) is 0 Å². The van der Waals surface area contributed by atoms with Crippen molar-refractivity contribution in [1.29, 1.82) is 0 Å². The van der Waals surface area contributed by atoms with Crippen molar-refractivity contribution in [3.63, 3.8) is 0 Å².